The maximum atomic E-state index is 8.60. The van der Waals surface area contributed by atoms with Gasteiger partial charge in [-0.3, -0.25) is 4.98 Å². The highest BCUT2D eigenvalue weighted by Crippen LogP contribution is 2.20. The number of aliphatic hydroxyl groups excluding tert-OH is 1. The van der Waals surface area contributed by atoms with Gasteiger partial charge in [0.2, 0.25) is 0 Å². The Morgan fingerprint density at radius 2 is 2.36 bits per heavy atom. The van der Waals surface area contributed by atoms with Crippen molar-refractivity contribution in [3.05, 3.63) is 23.5 Å². The zero-order valence-electron chi connectivity index (χ0n) is 8.16. The molecule has 0 saturated heterocycles. The molecule has 1 N–H and O–H groups in total. The smallest absolute Gasteiger partial charge is 0.125 e. The largest absolute Gasteiger partial charge is 0.493 e. The maximum Gasteiger partial charge on any atom is 0.125 e. The summed E-state index contributed by atoms with van der Waals surface area (Å²) in [6.07, 6.45) is 2.32. The van der Waals surface area contributed by atoms with E-state index in [-0.39, 0.29) is 6.61 Å². The number of nitrogens with zero attached hydrogens (tertiary/aromatic N) is 1. The normalized spacial score (nSPS) is 10.2. The summed E-state index contributed by atoms with van der Waals surface area (Å²) in [6.45, 7) is 2.59. The Balaban J connectivity index is 2.66. The number of ether oxygens (including phenoxy) is 1. The summed E-state index contributed by atoms with van der Waals surface area (Å²) >= 11 is 5.71. The first-order valence-electron chi connectivity index (χ1n) is 4.53. The van der Waals surface area contributed by atoms with Gasteiger partial charge in [0, 0.05) is 24.8 Å². The molecular formula is C10H14ClNO2. The van der Waals surface area contributed by atoms with E-state index in [4.69, 9.17) is 21.4 Å². The van der Waals surface area contributed by atoms with Crippen molar-refractivity contribution in [3.8, 4) is 5.75 Å². The number of rotatable bonds is 5. The van der Waals surface area contributed by atoms with Crippen LogP contribution in [0.1, 0.15) is 17.7 Å². The van der Waals surface area contributed by atoms with E-state index in [1.807, 2.05) is 13.0 Å². The van der Waals surface area contributed by atoms with Crippen LogP contribution in [0.5, 0.6) is 5.75 Å². The average molecular weight is 216 g/mol. The van der Waals surface area contributed by atoms with E-state index in [0.29, 0.717) is 18.9 Å². The SMILES string of the molecule is Cc1c(OCCCO)ccnc1CCl. The maximum absolute atomic E-state index is 8.60. The molecule has 0 saturated carbocycles. The fourth-order valence-corrected chi connectivity index (χ4v) is 1.37. The Labute approximate surface area is 88.7 Å². The summed E-state index contributed by atoms with van der Waals surface area (Å²) in [4.78, 5) is 4.12. The molecule has 0 aromatic carbocycles. The molecule has 0 amide bonds. The van der Waals surface area contributed by atoms with Gasteiger partial charge in [-0.25, -0.2) is 0 Å². The topological polar surface area (TPSA) is 42.4 Å². The van der Waals surface area contributed by atoms with Crippen molar-refractivity contribution in [1.29, 1.82) is 0 Å². The zero-order chi connectivity index (χ0) is 10.4. The van der Waals surface area contributed by atoms with E-state index in [2.05, 4.69) is 4.98 Å². The van der Waals surface area contributed by atoms with Crippen LogP contribution in [0.4, 0.5) is 0 Å². The quantitative estimate of drug-likeness (QED) is 0.603. The van der Waals surface area contributed by atoms with Crippen LogP contribution < -0.4 is 4.74 Å². The molecule has 0 spiro atoms. The van der Waals surface area contributed by atoms with E-state index >= 15 is 0 Å². The summed E-state index contributed by atoms with van der Waals surface area (Å²) < 4.78 is 5.46. The van der Waals surface area contributed by atoms with Gasteiger partial charge in [-0.05, 0) is 13.0 Å². The minimum atomic E-state index is 0.145. The van der Waals surface area contributed by atoms with Crippen molar-refractivity contribution < 1.29 is 9.84 Å². The van der Waals surface area contributed by atoms with Crippen molar-refractivity contribution in [2.45, 2.75) is 19.2 Å². The number of aliphatic hydroxyl groups is 1. The van der Waals surface area contributed by atoms with Crippen LogP contribution in [0, 0.1) is 6.92 Å². The lowest BCUT2D eigenvalue weighted by atomic mass is 10.2. The Hall–Kier alpha value is -0.800. The van der Waals surface area contributed by atoms with Gasteiger partial charge in [0.1, 0.15) is 5.75 Å². The van der Waals surface area contributed by atoms with Crippen molar-refractivity contribution in [1.82, 2.24) is 4.98 Å². The van der Waals surface area contributed by atoms with Gasteiger partial charge < -0.3 is 9.84 Å². The molecule has 0 bridgehead atoms. The Bertz CT molecular complexity index is 291. The lowest BCUT2D eigenvalue weighted by molar-refractivity contribution is 0.232. The van der Waals surface area contributed by atoms with E-state index in [1.165, 1.54) is 0 Å². The van der Waals surface area contributed by atoms with Gasteiger partial charge in [-0.1, -0.05) is 0 Å². The minimum absolute atomic E-state index is 0.145. The second kappa shape index (κ2) is 5.83. The minimum Gasteiger partial charge on any atom is -0.493 e. The highest BCUT2D eigenvalue weighted by atomic mass is 35.5. The molecule has 3 nitrogen and oxygen atoms in total. The first-order valence-corrected chi connectivity index (χ1v) is 5.07. The number of aromatic nitrogens is 1. The molecule has 14 heavy (non-hydrogen) atoms. The van der Waals surface area contributed by atoms with Crippen LogP contribution >= 0.6 is 11.6 Å². The summed E-state index contributed by atoms with van der Waals surface area (Å²) in [7, 11) is 0. The molecule has 1 aromatic rings. The van der Waals surface area contributed by atoms with Crippen LogP contribution in [-0.4, -0.2) is 23.3 Å². The average Bonchev–Trinajstić information content (AvgIpc) is 2.21. The fraction of sp³-hybridized carbons (Fsp3) is 0.500. The van der Waals surface area contributed by atoms with Crippen LogP contribution in [0.2, 0.25) is 0 Å². The van der Waals surface area contributed by atoms with Crippen LogP contribution in [0.3, 0.4) is 0 Å². The Morgan fingerprint density at radius 1 is 1.57 bits per heavy atom. The van der Waals surface area contributed by atoms with Gasteiger partial charge in [-0.15, -0.1) is 11.6 Å². The first-order chi connectivity index (χ1) is 6.79. The predicted molar refractivity (Wildman–Crippen MR) is 55.7 cm³/mol. The number of hydrogen-bond acceptors (Lipinski definition) is 3. The van der Waals surface area contributed by atoms with E-state index in [0.717, 1.165) is 17.0 Å². The number of halogens is 1. The van der Waals surface area contributed by atoms with Crippen LogP contribution in [-0.2, 0) is 5.88 Å². The highest BCUT2D eigenvalue weighted by molar-refractivity contribution is 6.17. The van der Waals surface area contributed by atoms with Crippen LogP contribution in [0.15, 0.2) is 12.3 Å². The third-order valence-corrected chi connectivity index (χ3v) is 2.20. The number of pyridine rings is 1. The monoisotopic (exact) mass is 215 g/mol. The second-order valence-corrected chi connectivity index (χ2v) is 3.21. The summed E-state index contributed by atoms with van der Waals surface area (Å²) in [5.41, 5.74) is 1.81. The third-order valence-electron chi connectivity index (χ3n) is 1.95. The zero-order valence-corrected chi connectivity index (χ0v) is 8.92. The Kier molecular flexibility index (Phi) is 4.70. The lowest BCUT2D eigenvalue weighted by Crippen LogP contribution is -2.02. The molecule has 0 radical (unpaired) electrons. The summed E-state index contributed by atoms with van der Waals surface area (Å²) in [5, 5.41) is 8.60. The summed E-state index contributed by atoms with van der Waals surface area (Å²) in [5.74, 6) is 1.19. The van der Waals surface area contributed by atoms with Gasteiger partial charge in [0.05, 0.1) is 18.2 Å². The van der Waals surface area contributed by atoms with E-state index in [9.17, 15) is 0 Å². The van der Waals surface area contributed by atoms with E-state index < -0.39 is 0 Å². The molecule has 0 unspecified atom stereocenters. The third kappa shape index (κ3) is 2.86. The van der Waals surface area contributed by atoms with Gasteiger partial charge in [-0.2, -0.15) is 0 Å². The first kappa shape index (κ1) is 11.3. The van der Waals surface area contributed by atoms with E-state index in [1.54, 1.807) is 6.20 Å². The molecule has 0 atom stereocenters. The fourth-order valence-electron chi connectivity index (χ4n) is 1.10. The van der Waals surface area contributed by atoms with Crippen LogP contribution in [0.25, 0.3) is 0 Å². The number of hydrogen-bond donors (Lipinski definition) is 1. The molecule has 1 aromatic heterocycles. The van der Waals surface area contributed by atoms with Gasteiger partial charge in [0.25, 0.3) is 0 Å². The second-order valence-electron chi connectivity index (χ2n) is 2.94. The molecular weight excluding hydrogens is 202 g/mol. The molecule has 4 heteroatoms. The predicted octanol–water partition coefficient (Wildman–Crippen LogP) is 1.89. The molecule has 78 valence electrons. The van der Waals surface area contributed by atoms with Crippen molar-refractivity contribution in [3.63, 3.8) is 0 Å². The number of alkyl halides is 1. The lowest BCUT2D eigenvalue weighted by Gasteiger charge is -2.09. The molecule has 1 rings (SSSR count). The molecule has 0 aliphatic carbocycles. The Morgan fingerprint density at radius 3 is 3.00 bits per heavy atom. The molecule has 0 fully saturated rings. The molecule has 0 aliphatic heterocycles. The van der Waals surface area contributed by atoms with Crippen molar-refractivity contribution >= 4 is 11.6 Å². The highest BCUT2D eigenvalue weighted by Gasteiger charge is 2.04. The molecule has 1 heterocycles. The molecule has 0 aliphatic rings. The standard InChI is InChI=1S/C10H14ClNO2/c1-8-9(7-11)12-4-3-10(8)14-6-2-5-13/h3-4,13H,2,5-7H2,1H3. The van der Waals surface area contributed by atoms with Crippen molar-refractivity contribution in [2.75, 3.05) is 13.2 Å². The van der Waals surface area contributed by atoms with Crippen molar-refractivity contribution in [2.24, 2.45) is 0 Å². The van der Waals surface area contributed by atoms with Gasteiger partial charge in [0.15, 0.2) is 0 Å². The van der Waals surface area contributed by atoms with Gasteiger partial charge >= 0.3 is 0 Å². The summed E-state index contributed by atoms with van der Waals surface area (Å²) in [6, 6.07) is 1.81.